The Morgan fingerprint density at radius 1 is 0.966 bits per heavy atom. The van der Waals surface area contributed by atoms with Crippen LogP contribution in [-0.2, 0) is 4.74 Å². The van der Waals surface area contributed by atoms with Crippen molar-refractivity contribution in [3.8, 4) is 0 Å². The maximum Gasteiger partial charge on any atom is 0.265 e. The van der Waals surface area contributed by atoms with Crippen molar-refractivity contribution in [3.63, 3.8) is 0 Å². The van der Waals surface area contributed by atoms with E-state index in [1.54, 1.807) is 36.5 Å². The molecule has 1 saturated heterocycles. The molecule has 1 aliphatic rings. The minimum absolute atomic E-state index is 0.194. The van der Waals surface area contributed by atoms with Crippen LogP contribution in [0.2, 0.25) is 0 Å². The van der Waals surface area contributed by atoms with Gasteiger partial charge in [0.2, 0.25) is 0 Å². The molecular weight excluding hydrogens is 388 g/mol. The van der Waals surface area contributed by atoms with Crippen molar-refractivity contribution in [3.05, 3.63) is 70.5 Å². The van der Waals surface area contributed by atoms with Crippen LogP contribution in [0.3, 0.4) is 0 Å². The standard InChI is InChI=1S/C21H20N4O3S/c26-20(24-17-6-7-19(22-14-17)25-8-10-28-11-9-25)15-3-1-4-16(13-15)23-21(27)18-5-2-12-29-18/h1-7,12-14H,8-11H2,(H,23,27)(H,24,26). The molecule has 0 bridgehead atoms. The van der Waals surface area contributed by atoms with Crippen molar-refractivity contribution >= 4 is 40.3 Å². The highest BCUT2D eigenvalue weighted by molar-refractivity contribution is 7.12. The second-order valence-corrected chi connectivity index (χ2v) is 7.42. The van der Waals surface area contributed by atoms with Gasteiger partial charge in [0.1, 0.15) is 5.82 Å². The summed E-state index contributed by atoms with van der Waals surface area (Å²) in [5, 5.41) is 7.50. The maximum atomic E-state index is 12.6. The van der Waals surface area contributed by atoms with Crippen LogP contribution in [0.15, 0.2) is 60.1 Å². The van der Waals surface area contributed by atoms with E-state index in [-0.39, 0.29) is 11.8 Å². The summed E-state index contributed by atoms with van der Waals surface area (Å²) in [6.45, 7) is 3.00. The van der Waals surface area contributed by atoms with Crippen LogP contribution >= 0.6 is 11.3 Å². The number of nitrogens with zero attached hydrogens (tertiary/aromatic N) is 2. The second kappa shape index (κ2) is 8.85. The first-order chi connectivity index (χ1) is 14.2. The summed E-state index contributed by atoms with van der Waals surface area (Å²) in [7, 11) is 0. The molecule has 0 radical (unpaired) electrons. The molecule has 7 nitrogen and oxygen atoms in total. The maximum absolute atomic E-state index is 12.6. The van der Waals surface area contributed by atoms with Crippen molar-refractivity contribution in [2.45, 2.75) is 0 Å². The summed E-state index contributed by atoms with van der Waals surface area (Å²) in [6.07, 6.45) is 1.64. The van der Waals surface area contributed by atoms with E-state index in [0.717, 1.165) is 18.9 Å². The van der Waals surface area contributed by atoms with E-state index in [2.05, 4.69) is 20.5 Å². The number of anilines is 3. The van der Waals surface area contributed by atoms with E-state index in [1.165, 1.54) is 11.3 Å². The molecule has 0 aliphatic carbocycles. The Morgan fingerprint density at radius 2 is 1.79 bits per heavy atom. The quantitative estimate of drug-likeness (QED) is 0.675. The first kappa shape index (κ1) is 19.1. The van der Waals surface area contributed by atoms with Crippen molar-refractivity contribution in [2.75, 3.05) is 41.8 Å². The van der Waals surface area contributed by atoms with Crippen LogP contribution < -0.4 is 15.5 Å². The topological polar surface area (TPSA) is 83.6 Å². The van der Waals surface area contributed by atoms with Gasteiger partial charge < -0.3 is 20.3 Å². The zero-order valence-corrected chi connectivity index (χ0v) is 16.4. The molecule has 0 spiro atoms. The van der Waals surface area contributed by atoms with Crippen molar-refractivity contribution < 1.29 is 14.3 Å². The number of rotatable bonds is 5. The molecule has 1 aliphatic heterocycles. The lowest BCUT2D eigenvalue weighted by molar-refractivity contribution is 0.101. The summed E-state index contributed by atoms with van der Waals surface area (Å²) in [6, 6.07) is 14.1. The van der Waals surface area contributed by atoms with Gasteiger partial charge in [-0.05, 0) is 41.8 Å². The zero-order valence-electron chi connectivity index (χ0n) is 15.6. The number of carbonyl (C=O) groups is 2. The molecule has 2 amide bonds. The molecule has 0 unspecified atom stereocenters. The average molecular weight is 408 g/mol. The van der Waals surface area contributed by atoms with Crippen LogP contribution in [0.4, 0.5) is 17.2 Å². The lowest BCUT2D eigenvalue weighted by Gasteiger charge is -2.27. The number of ether oxygens (including phenoxy) is 1. The predicted molar refractivity (Wildman–Crippen MR) is 114 cm³/mol. The number of carbonyl (C=O) groups excluding carboxylic acids is 2. The molecule has 2 aromatic heterocycles. The number of thiophene rings is 1. The van der Waals surface area contributed by atoms with E-state index in [0.29, 0.717) is 35.0 Å². The summed E-state index contributed by atoms with van der Waals surface area (Å²) in [5.74, 6) is 0.406. The van der Waals surface area contributed by atoms with Gasteiger partial charge in [0, 0.05) is 24.3 Å². The number of benzene rings is 1. The Balaban J connectivity index is 1.40. The molecule has 2 N–H and O–H groups in total. The third-order valence-electron chi connectivity index (χ3n) is 4.47. The highest BCUT2D eigenvalue weighted by Gasteiger charge is 2.13. The average Bonchev–Trinajstić information content (AvgIpc) is 3.30. The first-order valence-corrected chi connectivity index (χ1v) is 10.1. The van der Waals surface area contributed by atoms with Gasteiger partial charge in [-0.3, -0.25) is 9.59 Å². The monoisotopic (exact) mass is 408 g/mol. The lowest BCUT2D eigenvalue weighted by Crippen LogP contribution is -2.36. The van der Waals surface area contributed by atoms with Crippen LogP contribution in [0.5, 0.6) is 0 Å². The van der Waals surface area contributed by atoms with E-state index >= 15 is 0 Å². The fourth-order valence-electron chi connectivity index (χ4n) is 2.98. The van der Waals surface area contributed by atoms with E-state index in [9.17, 15) is 9.59 Å². The molecule has 29 heavy (non-hydrogen) atoms. The highest BCUT2D eigenvalue weighted by atomic mass is 32.1. The molecule has 0 atom stereocenters. The first-order valence-electron chi connectivity index (χ1n) is 9.24. The van der Waals surface area contributed by atoms with Crippen LogP contribution in [0.25, 0.3) is 0 Å². The van der Waals surface area contributed by atoms with Gasteiger partial charge in [0.25, 0.3) is 11.8 Å². The van der Waals surface area contributed by atoms with Gasteiger partial charge in [0.15, 0.2) is 0 Å². The highest BCUT2D eigenvalue weighted by Crippen LogP contribution is 2.18. The van der Waals surface area contributed by atoms with Crippen LogP contribution in [0, 0.1) is 0 Å². The largest absolute Gasteiger partial charge is 0.378 e. The van der Waals surface area contributed by atoms with Crippen molar-refractivity contribution in [2.24, 2.45) is 0 Å². The number of hydrogen-bond acceptors (Lipinski definition) is 6. The van der Waals surface area contributed by atoms with Crippen LogP contribution in [-0.4, -0.2) is 43.1 Å². The van der Waals surface area contributed by atoms with E-state index in [4.69, 9.17) is 4.74 Å². The minimum atomic E-state index is -0.266. The summed E-state index contributed by atoms with van der Waals surface area (Å²) in [4.78, 5) is 32.0. The number of morpholine rings is 1. The number of amides is 2. The molecule has 4 rings (SSSR count). The Labute approximate surface area is 172 Å². The Kier molecular flexibility index (Phi) is 5.83. The molecule has 1 aromatic carbocycles. The molecule has 0 saturated carbocycles. The van der Waals surface area contributed by atoms with Gasteiger partial charge in [-0.25, -0.2) is 4.98 Å². The molecule has 3 heterocycles. The SMILES string of the molecule is O=C(Nc1ccc(N2CCOCC2)nc1)c1cccc(NC(=O)c2cccs2)c1. The third-order valence-corrected chi connectivity index (χ3v) is 5.34. The molecule has 8 heteroatoms. The second-order valence-electron chi connectivity index (χ2n) is 6.47. The van der Waals surface area contributed by atoms with Gasteiger partial charge >= 0.3 is 0 Å². The Bertz CT molecular complexity index is 983. The predicted octanol–water partition coefficient (Wildman–Crippen LogP) is 3.48. The van der Waals surface area contributed by atoms with Gasteiger partial charge in [-0.1, -0.05) is 12.1 Å². The molecule has 1 fully saturated rings. The number of nitrogens with one attached hydrogen (secondary N) is 2. The number of hydrogen-bond donors (Lipinski definition) is 2. The fraction of sp³-hybridized carbons (Fsp3) is 0.190. The summed E-state index contributed by atoms with van der Waals surface area (Å²) < 4.78 is 5.35. The molecular formula is C21H20N4O3S. The minimum Gasteiger partial charge on any atom is -0.378 e. The number of aromatic nitrogens is 1. The van der Waals surface area contributed by atoms with Crippen molar-refractivity contribution in [1.82, 2.24) is 4.98 Å². The summed E-state index contributed by atoms with van der Waals surface area (Å²) in [5.41, 5.74) is 1.63. The van der Waals surface area contributed by atoms with Gasteiger partial charge in [-0.2, -0.15) is 0 Å². The van der Waals surface area contributed by atoms with Gasteiger partial charge in [0.05, 0.1) is 30.0 Å². The zero-order chi connectivity index (χ0) is 20.1. The van der Waals surface area contributed by atoms with Gasteiger partial charge in [-0.15, -0.1) is 11.3 Å². The Morgan fingerprint density at radius 3 is 2.52 bits per heavy atom. The van der Waals surface area contributed by atoms with E-state index in [1.807, 2.05) is 23.6 Å². The fourth-order valence-corrected chi connectivity index (χ4v) is 3.60. The normalized spacial score (nSPS) is 13.7. The molecule has 148 valence electrons. The summed E-state index contributed by atoms with van der Waals surface area (Å²) >= 11 is 1.37. The lowest BCUT2D eigenvalue weighted by atomic mass is 10.2. The van der Waals surface area contributed by atoms with Crippen molar-refractivity contribution in [1.29, 1.82) is 0 Å². The van der Waals surface area contributed by atoms with E-state index < -0.39 is 0 Å². The van der Waals surface area contributed by atoms with Crippen LogP contribution in [0.1, 0.15) is 20.0 Å². The third kappa shape index (κ3) is 4.79. The smallest absolute Gasteiger partial charge is 0.265 e. The Hall–Kier alpha value is -3.23. The number of pyridine rings is 1. The molecule has 3 aromatic rings.